The fourth-order valence-corrected chi connectivity index (χ4v) is 3.13. The zero-order chi connectivity index (χ0) is 16.0. The summed E-state index contributed by atoms with van der Waals surface area (Å²) >= 11 is 0. The lowest BCUT2D eigenvalue weighted by atomic mass is 9.97. The number of carbonyl (C=O) groups is 1. The normalized spacial score (nSPS) is 19.0. The molecule has 2 rings (SSSR count). The predicted octanol–water partition coefficient (Wildman–Crippen LogP) is 2.54. The average Bonchev–Trinajstić information content (AvgIpc) is 2.50. The molecule has 4 nitrogen and oxygen atoms in total. The van der Waals surface area contributed by atoms with E-state index in [0.29, 0.717) is 6.42 Å². The van der Waals surface area contributed by atoms with E-state index in [1.807, 2.05) is 0 Å². The summed E-state index contributed by atoms with van der Waals surface area (Å²) in [6, 6.07) is 10.7. The summed E-state index contributed by atoms with van der Waals surface area (Å²) in [6.07, 6.45) is 1.39. The Morgan fingerprint density at radius 3 is 2.59 bits per heavy atom. The van der Waals surface area contributed by atoms with Crippen LogP contribution in [0.15, 0.2) is 30.3 Å². The van der Waals surface area contributed by atoms with Gasteiger partial charge in [-0.15, -0.1) is 0 Å². The molecule has 0 N–H and O–H groups in total. The third-order valence-corrected chi connectivity index (χ3v) is 4.45. The molecule has 0 aliphatic carbocycles. The lowest BCUT2D eigenvalue weighted by Crippen LogP contribution is -2.58. The van der Waals surface area contributed by atoms with Gasteiger partial charge in [0.1, 0.15) is 0 Å². The highest BCUT2D eigenvalue weighted by Gasteiger charge is 2.33. The van der Waals surface area contributed by atoms with Crippen LogP contribution in [0, 0.1) is 0 Å². The number of piperazine rings is 1. The van der Waals surface area contributed by atoms with Crippen molar-refractivity contribution in [3.05, 3.63) is 35.9 Å². The minimum Gasteiger partial charge on any atom is -0.469 e. The quantitative estimate of drug-likeness (QED) is 0.756. The van der Waals surface area contributed by atoms with Crippen molar-refractivity contribution in [1.82, 2.24) is 9.80 Å². The highest BCUT2D eigenvalue weighted by atomic mass is 16.5. The van der Waals surface area contributed by atoms with Crippen LogP contribution in [0.3, 0.4) is 0 Å². The third kappa shape index (κ3) is 4.82. The molecule has 1 aliphatic heterocycles. The van der Waals surface area contributed by atoms with E-state index < -0.39 is 0 Å². The maximum absolute atomic E-state index is 11.2. The predicted molar refractivity (Wildman–Crippen MR) is 88.6 cm³/mol. The first kappa shape index (κ1) is 17.0. The number of nitrogens with zero attached hydrogens (tertiary/aromatic N) is 2. The van der Waals surface area contributed by atoms with Gasteiger partial charge in [0, 0.05) is 38.1 Å². The zero-order valence-electron chi connectivity index (χ0n) is 14.0. The Morgan fingerprint density at radius 1 is 1.23 bits per heavy atom. The van der Waals surface area contributed by atoms with Gasteiger partial charge in [0.15, 0.2) is 0 Å². The van der Waals surface area contributed by atoms with Gasteiger partial charge in [0.2, 0.25) is 0 Å². The van der Waals surface area contributed by atoms with E-state index in [1.54, 1.807) is 0 Å². The molecule has 0 saturated carbocycles. The van der Waals surface area contributed by atoms with E-state index in [4.69, 9.17) is 4.74 Å². The Balaban J connectivity index is 1.83. The second-order valence-corrected chi connectivity index (χ2v) is 6.68. The second-order valence-electron chi connectivity index (χ2n) is 6.68. The van der Waals surface area contributed by atoms with Crippen molar-refractivity contribution >= 4 is 5.97 Å². The van der Waals surface area contributed by atoms with E-state index in [1.165, 1.54) is 12.7 Å². The fraction of sp³-hybridized carbons (Fsp3) is 0.611. The molecule has 1 aliphatic rings. The molecule has 0 spiro atoms. The molecule has 0 unspecified atom stereocenters. The molecular weight excluding hydrogens is 276 g/mol. The maximum atomic E-state index is 11.2. The summed E-state index contributed by atoms with van der Waals surface area (Å²) in [5.41, 5.74) is 1.52. The number of hydrogen-bond donors (Lipinski definition) is 0. The summed E-state index contributed by atoms with van der Waals surface area (Å²) in [7, 11) is 1.45. The van der Waals surface area contributed by atoms with Crippen molar-refractivity contribution in [3.63, 3.8) is 0 Å². The van der Waals surface area contributed by atoms with Gasteiger partial charge < -0.3 is 9.64 Å². The summed E-state index contributed by atoms with van der Waals surface area (Å²) in [6.45, 7) is 9.77. The number of ether oxygens (including phenoxy) is 1. The topological polar surface area (TPSA) is 32.8 Å². The van der Waals surface area contributed by atoms with Crippen LogP contribution in [0.2, 0.25) is 0 Å². The van der Waals surface area contributed by atoms with Crippen LogP contribution in [0.25, 0.3) is 0 Å². The van der Waals surface area contributed by atoms with Gasteiger partial charge in [-0.25, -0.2) is 0 Å². The lowest BCUT2D eigenvalue weighted by Gasteiger charge is -2.47. The summed E-state index contributed by atoms with van der Waals surface area (Å²) < 4.78 is 4.70. The Hall–Kier alpha value is -1.39. The standard InChI is InChI=1S/C18H28N2O2/c1-18(2)15-19(11-7-10-17(21)22-3)12-13-20(18)14-16-8-5-4-6-9-16/h4-6,8-9H,7,10-15H2,1-3H3. The van der Waals surface area contributed by atoms with E-state index >= 15 is 0 Å². The van der Waals surface area contributed by atoms with E-state index in [-0.39, 0.29) is 11.5 Å². The molecule has 4 heteroatoms. The molecule has 0 aromatic heterocycles. The van der Waals surface area contributed by atoms with Gasteiger partial charge in [0.25, 0.3) is 0 Å². The molecular formula is C18H28N2O2. The van der Waals surface area contributed by atoms with E-state index in [9.17, 15) is 4.79 Å². The van der Waals surface area contributed by atoms with Gasteiger partial charge in [0.05, 0.1) is 7.11 Å². The first-order valence-corrected chi connectivity index (χ1v) is 8.09. The number of hydrogen-bond acceptors (Lipinski definition) is 4. The molecule has 1 saturated heterocycles. The van der Waals surface area contributed by atoms with Crippen LogP contribution in [0.5, 0.6) is 0 Å². The van der Waals surface area contributed by atoms with Crippen LogP contribution in [-0.2, 0) is 16.1 Å². The molecule has 1 aromatic carbocycles. The van der Waals surface area contributed by atoms with Crippen LogP contribution >= 0.6 is 0 Å². The summed E-state index contributed by atoms with van der Waals surface area (Å²) in [5.74, 6) is -0.109. The van der Waals surface area contributed by atoms with Crippen molar-refractivity contribution in [3.8, 4) is 0 Å². The number of rotatable bonds is 6. The lowest BCUT2D eigenvalue weighted by molar-refractivity contribution is -0.140. The Bertz CT molecular complexity index is 473. The van der Waals surface area contributed by atoms with Crippen molar-refractivity contribution in [2.45, 2.75) is 38.8 Å². The van der Waals surface area contributed by atoms with Gasteiger partial charge in [-0.3, -0.25) is 9.69 Å². The number of carbonyl (C=O) groups excluding carboxylic acids is 1. The van der Waals surface area contributed by atoms with Crippen LogP contribution in [-0.4, -0.2) is 54.6 Å². The number of benzene rings is 1. The monoisotopic (exact) mass is 304 g/mol. The first-order valence-electron chi connectivity index (χ1n) is 8.09. The second kappa shape index (κ2) is 7.75. The van der Waals surface area contributed by atoms with Crippen LogP contribution < -0.4 is 0 Å². The van der Waals surface area contributed by atoms with Crippen LogP contribution in [0.4, 0.5) is 0 Å². The first-order chi connectivity index (χ1) is 10.5. The van der Waals surface area contributed by atoms with Gasteiger partial charge in [-0.05, 0) is 32.4 Å². The third-order valence-electron chi connectivity index (χ3n) is 4.45. The van der Waals surface area contributed by atoms with Crippen molar-refractivity contribution < 1.29 is 9.53 Å². The van der Waals surface area contributed by atoms with Crippen molar-refractivity contribution in [1.29, 1.82) is 0 Å². The molecule has 22 heavy (non-hydrogen) atoms. The summed E-state index contributed by atoms with van der Waals surface area (Å²) in [5, 5.41) is 0. The van der Waals surface area contributed by atoms with E-state index in [0.717, 1.165) is 39.1 Å². The largest absolute Gasteiger partial charge is 0.469 e. The minimum absolute atomic E-state index is 0.109. The molecule has 1 fully saturated rings. The molecule has 0 atom stereocenters. The van der Waals surface area contributed by atoms with Crippen LogP contribution in [0.1, 0.15) is 32.3 Å². The average molecular weight is 304 g/mol. The smallest absolute Gasteiger partial charge is 0.305 e. The Kier molecular flexibility index (Phi) is 5.98. The molecule has 0 bridgehead atoms. The number of methoxy groups -OCH3 is 1. The van der Waals surface area contributed by atoms with E-state index in [2.05, 4.69) is 54.0 Å². The fourth-order valence-electron chi connectivity index (χ4n) is 3.13. The summed E-state index contributed by atoms with van der Waals surface area (Å²) in [4.78, 5) is 16.2. The highest BCUT2D eigenvalue weighted by Crippen LogP contribution is 2.23. The molecule has 1 aromatic rings. The number of esters is 1. The Labute approximate surface area is 134 Å². The van der Waals surface area contributed by atoms with Gasteiger partial charge in [-0.1, -0.05) is 30.3 Å². The molecule has 0 amide bonds. The zero-order valence-corrected chi connectivity index (χ0v) is 14.0. The van der Waals surface area contributed by atoms with Crippen molar-refractivity contribution in [2.75, 3.05) is 33.3 Å². The molecule has 122 valence electrons. The molecule has 1 heterocycles. The van der Waals surface area contributed by atoms with Gasteiger partial charge in [-0.2, -0.15) is 0 Å². The minimum atomic E-state index is -0.109. The maximum Gasteiger partial charge on any atom is 0.305 e. The Morgan fingerprint density at radius 2 is 1.95 bits per heavy atom. The molecule has 0 radical (unpaired) electrons. The van der Waals surface area contributed by atoms with Crippen molar-refractivity contribution in [2.24, 2.45) is 0 Å². The SMILES string of the molecule is COC(=O)CCCN1CCN(Cc2ccccc2)C(C)(C)C1. The van der Waals surface area contributed by atoms with Gasteiger partial charge >= 0.3 is 5.97 Å². The highest BCUT2D eigenvalue weighted by molar-refractivity contribution is 5.69.